The molecule has 0 aromatic carbocycles. The first-order chi connectivity index (χ1) is 4.29. The smallest absolute Gasteiger partial charge is 0.234 e. The summed E-state index contributed by atoms with van der Waals surface area (Å²) >= 11 is 0. The van der Waals surface area contributed by atoms with Crippen molar-refractivity contribution in [3.63, 3.8) is 0 Å². The predicted octanol–water partition coefficient (Wildman–Crippen LogP) is -1.58. The number of nitrogens with zero attached hydrogens (tertiary/aromatic N) is 4. The Bertz CT molecular complexity index is 196. The Morgan fingerprint density at radius 1 is 1.70 bits per heavy atom. The molecule has 50 valence electrons. The third-order valence-electron chi connectivity index (χ3n) is 0.537. The van der Waals surface area contributed by atoms with Gasteiger partial charge in [-0.2, -0.15) is 5.21 Å². The molecule has 0 aliphatic rings. The molecule has 1 aromatic heterocycles. The Hall–Kier alpha value is -0.470. The second kappa shape index (κ2) is 4.36. The van der Waals surface area contributed by atoms with Crippen LogP contribution in [0, 0.1) is 10.1 Å². The van der Waals surface area contributed by atoms with E-state index in [-0.39, 0.29) is 43.7 Å². The largest absolute Gasteiger partial charge is 0.323 e. The minimum Gasteiger partial charge on any atom is -0.234 e. The van der Waals surface area contributed by atoms with Crippen LogP contribution >= 0.6 is 0 Å². The number of rotatable bonds is 2. The fourth-order valence-corrected chi connectivity index (χ4v) is 0.291. The van der Waals surface area contributed by atoms with Crippen molar-refractivity contribution in [1.29, 1.82) is 0 Å². The van der Waals surface area contributed by atoms with Crippen LogP contribution in [0.15, 0.2) is 0 Å². The molecule has 1 aromatic rings. The molecule has 2 N–H and O–H groups in total. The SMILES string of the molecule is O=[N+]([O-])Nc1nn[nH]n1.[Ca]. The second-order valence-corrected chi connectivity index (χ2v) is 1.10. The summed E-state index contributed by atoms with van der Waals surface area (Å²) < 4.78 is 0. The average molecular weight is 170 g/mol. The van der Waals surface area contributed by atoms with E-state index in [9.17, 15) is 10.1 Å². The fraction of sp³-hybridized carbons (Fsp3) is 0. The molecule has 0 saturated carbocycles. The minimum absolute atomic E-state index is 0. The maximum absolute atomic E-state index is 9.64. The Balaban J connectivity index is 0.000000810. The molecular formula is CH2CaN6O2. The molecular weight excluding hydrogens is 168 g/mol. The number of anilines is 1. The van der Waals surface area contributed by atoms with Crippen molar-refractivity contribution in [2.24, 2.45) is 0 Å². The van der Waals surface area contributed by atoms with Gasteiger partial charge in [-0.1, -0.05) is 10.5 Å². The summed E-state index contributed by atoms with van der Waals surface area (Å²) in [5.74, 6) is -0.153. The van der Waals surface area contributed by atoms with Crippen LogP contribution in [0.5, 0.6) is 0 Å². The van der Waals surface area contributed by atoms with Crippen molar-refractivity contribution >= 4 is 43.7 Å². The molecule has 1 heterocycles. The van der Waals surface area contributed by atoms with Gasteiger partial charge in [-0.3, -0.25) is 0 Å². The van der Waals surface area contributed by atoms with Crippen molar-refractivity contribution in [1.82, 2.24) is 20.6 Å². The minimum atomic E-state index is -0.773. The number of aromatic nitrogens is 4. The molecule has 10 heavy (non-hydrogen) atoms. The summed E-state index contributed by atoms with van der Waals surface area (Å²) in [6.45, 7) is 0. The Kier molecular flexibility index (Phi) is 4.16. The van der Waals surface area contributed by atoms with E-state index in [1.54, 1.807) is 5.43 Å². The van der Waals surface area contributed by atoms with E-state index in [0.717, 1.165) is 0 Å². The van der Waals surface area contributed by atoms with Gasteiger partial charge in [0.15, 0.2) is 5.03 Å². The first-order valence-corrected chi connectivity index (χ1v) is 1.93. The van der Waals surface area contributed by atoms with Crippen LogP contribution in [0.4, 0.5) is 5.95 Å². The van der Waals surface area contributed by atoms with E-state index < -0.39 is 5.03 Å². The average Bonchev–Trinajstić information content (AvgIpc) is 2.15. The van der Waals surface area contributed by atoms with Gasteiger partial charge in [0.2, 0.25) is 0 Å². The Morgan fingerprint density at radius 2 is 2.40 bits per heavy atom. The van der Waals surface area contributed by atoms with E-state index in [4.69, 9.17) is 0 Å². The van der Waals surface area contributed by atoms with Crippen molar-refractivity contribution < 1.29 is 5.03 Å². The first-order valence-electron chi connectivity index (χ1n) is 1.93. The zero-order valence-corrected chi connectivity index (χ0v) is 7.02. The molecule has 8 nitrogen and oxygen atoms in total. The van der Waals surface area contributed by atoms with Crippen LogP contribution in [0.2, 0.25) is 0 Å². The summed E-state index contributed by atoms with van der Waals surface area (Å²) in [7, 11) is 0. The number of tetrazole rings is 1. The molecule has 0 aliphatic heterocycles. The normalized spacial score (nSPS) is 8.00. The van der Waals surface area contributed by atoms with Crippen molar-refractivity contribution in [2.45, 2.75) is 0 Å². The molecule has 0 amide bonds. The van der Waals surface area contributed by atoms with Gasteiger partial charge in [-0.15, -0.1) is 5.10 Å². The molecule has 0 spiro atoms. The standard InChI is InChI=1S/CH2N6O2.Ca/c8-7(9)4-1-2-5-6-3-1;/h(H2,2,3,4,5,6);. The molecule has 0 unspecified atom stereocenters. The number of nitro groups is 1. The molecule has 0 aliphatic carbocycles. The number of H-pyrrole nitrogens is 1. The maximum Gasteiger partial charge on any atom is 0.323 e. The van der Waals surface area contributed by atoms with Gasteiger partial charge in [-0.05, 0) is 5.21 Å². The number of hydrogen-bond donors (Lipinski definition) is 2. The fourth-order valence-electron chi connectivity index (χ4n) is 0.291. The van der Waals surface area contributed by atoms with E-state index >= 15 is 0 Å². The topological polar surface area (TPSA) is 110 Å². The van der Waals surface area contributed by atoms with Crippen LogP contribution < -0.4 is 5.43 Å². The van der Waals surface area contributed by atoms with Crippen LogP contribution in [-0.4, -0.2) is 63.4 Å². The number of hydrogen-bond acceptors (Lipinski definition) is 5. The van der Waals surface area contributed by atoms with Gasteiger partial charge in [-0.25, -0.2) is 10.1 Å². The Morgan fingerprint density at radius 3 is 2.80 bits per heavy atom. The van der Waals surface area contributed by atoms with Gasteiger partial charge < -0.3 is 0 Å². The van der Waals surface area contributed by atoms with Crippen LogP contribution in [0.1, 0.15) is 0 Å². The summed E-state index contributed by atoms with van der Waals surface area (Å²) in [4.78, 5) is 9.64. The van der Waals surface area contributed by atoms with E-state index in [1.165, 1.54) is 0 Å². The summed E-state index contributed by atoms with van der Waals surface area (Å²) in [6, 6.07) is 0. The molecule has 0 bridgehead atoms. The Labute approximate surface area is 84.5 Å². The number of nitrogens with one attached hydrogen (secondary N) is 2. The number of aromatic amines is 1. The molecule has 0 atom stereocenters. The molecule has 0 fully saturated rings. The van der Waals surface area contributed by atoms with Crippen LogP contribution in [-0.2, 0) is 0 Å². The summed E-state index contributed by atoms with van der Waals surface area (Å²) in [5.41, 5.74) is 1.69. The van der Waals surface area contributed by atoms with Gasteiger partial charge >= 0.3 is 5.95 Å². The van der Waals surface area contributed by atoms with Crippen LogP contribution in [0.3, 0.4) is 0 Å². The quantitative estimate of drug-likeness (QED) is 0.315. The van der Waals surface area contributed by atoms with Gasteiger partial charge in [0.05, 0.1) is 0 Å². The van der Waals surface area contributed by atoms with Gasteiger partial charge in [0.1, 0.15) is 0 Å². The van der Waals surface area contributed by atoms with Gasteiger partial charge in [0, 0.05) is 37.7 Å². The molecule has 9 heteroatoms. The van der Waals surface area contributed by atoms with Crippen molar-refractivity contribution in [2.75, 3.05) is 5.43 Å². The van der Waals surface area contributed by atoms with Crippen LogP contribution in [0.25, 0.3) is 0 Å². The summed E-state index contributed by atoms with van der Waals surface area (Å²) in [5, 5.41) is 20.5. The van der Waals surface area contributed by atoms with E-state index in [0.29, 0.717) is 0 Å². The van der Waals surface area contributed by atoms with E-state index in [2.05, 4.69) is 20.6 Å². The molecule has 2 radical (unpaired) electrons. The monoisotopic (exact) mass is 170 g/mol. The zero-order valence-electron chi connectivity index (χ0n) is 4.81. The third-order valence-corrected chi connectivity index (χ3v) is 0.537. The van der Waals surface area contributed by atoms with E-state index in [1.807, 2.05) is 0 Å². The first kappa shape index (κ1) is 9.53. The van der Waals surface area contributed by atoms with Gasteiger partial charge in [0.25, 0.3) is 0 Å². The summed E-state index contributed by atoms with van der Waals surface area (Å²) in [6.07, 6.45) is 0. The molecule has 1 rings (SSSR count). The number of hydrazine groups is 1. The zero-order chi connectivity index (χ0) is 6.69. The third kappa shape index (κ3) is 2.90. The van der Waals surface area contributed by atoms with Crippen molar-refractivity contribution in [3.8, 4) is 0 Å². The molecule has 0 saturated heterocycles. The van der Waals surface area contributed by atoms with Crippen molar-refractivity contribution in [3.05, 3.63) is 10.1 Å². The predicted molar refractivity (Wildman–Crippen MR) is 30.5 cm³/mol. The second-order valence-electron chi connectivity index (χ2n) is 1.10. The maximum atomic E-state index is 9.64.